The van der Waals surface area contributed by atoms with E-state index in [9.17, 15) is 41.0 Å². The van der Waals surface area contributed by atoms with Gasteiger partial charge in [-0.1, -0.05) is 35.3 Å². The summed E-state index contributed by atoms with van der Waals surface area (Å²) in [6.07, 6.45) is -8.01. The largest absolute Gasteiger partial charge is 0.480 e. The van der Waals surface area contributed by atoms with E-state index in [4.69, 9.17) is 23.2 Å². The fourth-order valence-corrected chi connectivity index (χ4v) is 3.76. The molecule has 0 saturated carbocycles. The number of benzene rings is 2. The maximum atomic E-state index is 13.1. The van der Waals surface area contributed by atoms with Gasteiger partial charge in [-0.05, 0) is 35.9 Å². The lowest BCUT2D eigenvalue weighted by Crippen LogP contribution is -2.31. The summed E-state index contributed by atoms with van der Waals surface area (Å²) < 4.78 is 78.6. The van der Waals surface area contributed by atoms with Crippen molar-refractivity contribution >= 4 is 46.5 Å². The Morgan fingerprint density at radius 2 is 1.38 bits per heavy atom. The SMILES string of the molecule is O=C(Nc1ccc(CC(Nc2cc(C(F)(F)F)cc(C(F)(F)F)c2)C(=O)O)cc1)c1c(Cl)cncc1Cl. The van der Waals surface area contributed by atoms with Gasteiger partial charge in [0.1, 0.15) is 6.04 Å². The van der Waals surface area contributed by atoms with Crippen LogP contribution >= 0.6 is 23.2 Å². The van der Waals surface area contributed by atoms with Crippen molar-refractivity contribution in [1.82, 2.24) is 4.98 Å². The van der Waals surface area contributed by atoms with E-state index < -0.39 is 47.1 Å². The molecule has 37 heavy (non-hydrogen) atoms. The van der Waals surface area contributed by atoms with Gasteiger partial charge in [0.05, 0.1) is 26.7 Å². The molecule has 1 aromatic heterocycles. The first-order valence-electron chi connectivity index (χ1n) is 10.1. The quantitative estimate of drug-likeness (QED) is 0.274. The summed E-state index contributed by atoms with van der Waals surface area (Å²) in [5, 5.41) is 14.3. The number of carboxylic acids is 1. The summed E-state index contributed by atoms with van der Waals surface area (Å²) in [7, 11) is 0. The van der Waals surface area contributed by atoms with Crippen LogP contribution in [0.5, 0.6) is 0 Å². The van der Waals surface area contributed by atoms with Gasteiger partial charge in [-0.25, -0.2) is 4.79 Å². The number of carbonyl (C=O) groups is 2. The van der Waals surface area contributed by atoms with Gasteiger partial charge < -0.3 is 15.7 Å². The summed E-state index contributed by atoms with van der Waals surface area (Å²) in [4.78, 5) is 27.9. The van der Waals surface area contributed by atoms with Gasteiger partial charge in [0.2, 0.25) is 0 Å². The van der Waals surface area contributed by atoms with Crippen molar-refractivity contribution in [1.29, 1.82) is 0 Å². The van der Waals surface area contributed by atoms with Gasteiger partial charge in [-0.15, -0.1) is 0 Å². The number of pyridine rings is 1. The van der Waals surface area contributed by atoms with E-state index in [-0.39, 0.29) is 33.8 Å². The number of carboxylic acid groups (broad SMARTS) is 1. The number of nitrogens with zero attached hydrogens (tertiary/aromatic N) is 1. The van der Waals surface area contributed by atoms with Crippen LogP contribution in [0.3, 0.4) is 0 Å². The highest BCUT2D eigenvalue weighted by Crippen LogP contribution is 2.37. The number of hydrogen-bond acceptors (Lipinski definition) is 4. The Morgan fingerprint density at radius 1 is 0.865 bits per heavy atom. The molecule has 3 aromatic rings. The normalized spacial score (nSPS) is 12.6. The molecule has 0 aliphatic carbocycles. The van der Waals surface area contributed by atoms with Gasteiger partial charge in [0.15, 0.2) is 0 Å². The Balaban J connectivity index is 1.78. The molecule has 6 nitrogen and oxygen atoms in total. The summed E-state index contributed by atoms with van der Waals surface area (Å²) >= 11 is 11.9. The Hall–Kier alpha value is -3.51. The standard InChI is InChI=1S/C23H15Cl2F6N3O3/c24-16-9-32-10-17(25)19(16)20(35)34-14-3-1-11(2-4-14)5-18(21(36)37)33-15-7-12(22(26,27)28)6-13(8-15)23(29,30)31/h1-4,6-10,18,33H,5H2,(H,34,35)(H,36,37). The van der Waals surface area contributed by atoms with Crippen LogP contribution in [0, 0.1) is 0 Å². The van der Waals surface area contributed by atoms with Crippen molar-refractivity contribution in [2.45, 2.75) is 24.8 Å². The molecule has 0 aliphatic rings. The van der Waals surface area contributed by atoms with Crippen molar-refractivity contribution in [2.24, 2.45) is 0 Å². The molecule has 0 bridgehead atoms. The minimum absolute atomic E-state index is 0.0141. The lowest BCUT2D eigenvalue weighted by Gasteiger charge is -2.19. The fraction of sp³-hybridized carbons (Fsp3) is 0.174. The van der Waals surface area contributed by atoms with Crippen molar-refractivity contribution in [3.8, 4) is 0 Å². The molecule has 3 rings (SSSR count). The summed E-state index contributed by atoms with van der Waals surface area (Å²) in [5.74, 6) is -2.15. The second kappa shape index (κ2) is 10.9. The van der Waals surface area contributed by atoms with E-state index in [1.807, 2.05) is 0 Å². The van der Waals surface area contributed by atoms with Gasteiger partial charge >= 0.3 is 18.3 Å². The van der Waals surface area contributed by atoms with Crippen molar-refractivity contribution < 1.29 is 41.0 Å². The molecular weight excluding hydrogens is 551 g/mol. The van der Waals surface area contributed by atoms with E-state index in [1.54, 1.807) is 0 Å². The topological polar surface area (TPSA) is 91.3 Å². The summed E-state index contributed by atoms with van der Waals surface area (Å²) in [6.45, 7) is 0. The van der Waals surface area contributed by atoms with Crippen molar-refractivity contribution in [3.05, 3.63) is 87.2 Å². The van der Waals surface area contributed by atoms with Crippen LogP contribution in [0.25, 0.3) is 0 Å². The van der Waals surface area contributed by atoms with Crippen LogP contribution in [0.2, 0.25) is 10.0 Å². The van der Waals surface area contributed by atoms with Crippen LogP contribution in [0.15, 0.2) is 54.9 Å². The van der Waals surface area contributed by atoms with Gasteiger partial charge in [0.25, 0.3) is 5.91 Å². The minimum atomic E-state index is -5.08. The smallest absolute Gasteiger partial charge is 0.416 e. The van der Waals surface area contributed by atoms with Crippen LogP contribution in [0.1, 0.15) is 27.0 Å². The Kier molecular flexibility index (Phi) is 8.23. The molecule has 0 fully saturated rings. The predicted molar refractivity (Wildman–Crippen MR) is 124 cm³/mol. The van der Waals surface area contributed by atoms with Crippen LogP contribution < -0.4 is 10.6 Å². The molecule has 0 radical (unpaired) electrons. The fourth-order valence-electron chi connectivity index (χ4n) is 3.22. The highest BCUT2D eigenvalue weighted by atomic mass is 35.5. The predicted octanol–water partition coefficient (Wildman–Crippen LogP) is 6.79. The minimum Gasteiger partial charge on any atom is -0.480 e. The third kappa shape index (κ3) is 7.26. The number of carbonyl (C=O) groups excluding carboxylic acids is 1. The second-order valence-electron chi connectivity index (χ2n) is 7.66. The second-order valence-corrected chi connectivity index (χ2v) is 8.48. The zero-order chi connectivity index (χ0) is 27.5. The molecule has 1 unspecified atom stereocenters. The number of nitrogens with one attached hydrogen (secondary N) is 2. The van der Waals surface area contributed by atoms with Crippen LogP contribution in [-0.4, -0.2) is 28.0 Å². The first-order chi connectivity index (χ1) is 17.1. The molecule has 3 N–H and O–H groups in total. The highest BCUT2D eigenvalue weighted by molar-refractivity contribution is 6.40. The molecule has 0 aliphatic heterocycles. The molecule has 0 spiro atoms. The number of aliphatic carboxylic acids is 1. The molecule has 1 heterocycles. The first-order valence-corrected chi connectivity index (χ1v) is 10.9. The van der Waals surface area contributed by atoms with Crippen LogP contribution in [-0.2, 0) is 23.6 Å². The number of alkyl halides is 6. The van der Waals surface area contributed by atoms with E-state index in [0.717, 1.165) is 0 Å². The number of rotatable bonds is 7. The highest BCUT2D eigenvalue weighted by Gasteiger charge is 2.37. The summed E-state index contributed by atoms with van der Waals surface area (Å²) in [6, 6.07) is 4.87. The van der Waals surface area contributed by atoms with Gasteiger partial charge in [-0.2, -0.15) is 26.3 Å². The lowest BCUT2D eigenvalue weighted by atomic mass is 10.0. The molecule has 14 heteroatoms. The number of halogens is 8. The first kappa shape index (κ1) is 28.1. The third-order valence-corrected chi connectivity index (χ3v) is 5.53. The zero-order valence-electron chi connectivity index (χ0n) is 18.2. The van der Waals surface area contributed by atoms with Crippen molar-refractivity contribution in [2.75, 3.05) is 10.6 Å². The maximum Gasteiger partial charge on any atom is 0.416 e. The number of aromatic nitrogens is 1. The molecule has 1 atom stereocenters. The summed E-state index contributed by atoms with van der Waals surface area (Å²) in [5.41, 5.74) is -3.19. The Labute approximate surface area is 215 Å². The van der Waals surface area contributed by atoms with Crippen molar-refractivity contribution in [3.63, 3.8) is 0 Å². The van der Waals surface area contributed by atoms with Gasteiger partial charge in [-0.3, -0.25) is 9.78 Å². The average Bonchev–Trinajstić information content (AvgIpc) is 2.78. The van der Waals surface area contributed by atoms with E-state index in [2.05, 4.69) is 15.6 Å². The van der Waals surface area contributed by atoms with E-state index in [0.29, 0.717) is 17.7 Å². The Morgan fingerprint density at radius 3 is 1.84 bits per heavy atom. The molecular formula is C23H15Cl2F6N3O3. The monoisotopic (exact) mass is 565 g/mol. The number of amides is 1. The molecule has 1 amide bonds. The lowest BCUT2D eigenvalue weighted by molar-refractivity contribution is -0.143. The molecule has 0 saturated heterocycles. The number of anilines is 2. The number of hydrogen-bond donors (Lipinski definition) is 3. The Bertz CT molecular complexity index is 1260. The molecule has 2 aromatic carbocycles. The van der Waals surface area contributed by atoms with E-state index >= 15 is 0 Å². The van der Waals surface area contributed by atoms with Crippen LogP contribution in [0.4, 0.5) is 37.7 Å². The zero-order valence-corrected chi connectivity index (χ0v) is 19.7. The maximum absolute atomic E-state index is 13.1. The third-order valence-electron chi connectivity index (χ3n) is 4.96. The average molecular weight is 566 g/mol. The molecule has 196 valence electrons. The van der Waals surface area contributed by atoms with Gasteiger partial charge in [0, 0.05) is 30.2 Å². The van der Waals surface area contributed by atoms with E-state index in [1.165, 1.54) is 36.7 Å².